The lowest BCUT2D eigenvalue weighted by atomic mass is 9.85. The van der Waals surface area contributed by atoms with E-state index in [0.29, 0.717) is 31.0 Å². The second kappa shape index (κ2) is 8.34. The van der Waals surface area contributed by atoms with Gasteiger partial charge in [-0.25, -0.2) is 0 Å². The average molecular weight is 391 g/mol. The molecular weight excluding hydrogens is 364 g/mol. The number of halogens is 1. The van der Waals surface area contributed by atoms with Crippen molar-refractivity contribution in [2.24, 2.45) is 5.92 Å². The number of nitrogens with zero attached hydrogens (tertiary/aromatic N) is 2. The van der Waals surface area contributed by atoms with Crippen LogP contribution < -0.4 is 4.74 Å². The van der Waals surface area contributed by atoms with Crippen molar-refractivity contribution >= 4 is 23.4 Å². The van der Waals surface area contributed by atoms with Gasteiger partial charge < -0.3 is 14.5 Å². The fraction of sp³-hybridized carbons (Fsp3) is 0.524. The Kier molecular flexibility index (Phi) is 6.10. The van der Waals surface area contributed by atoms with E-state index in [2.05, 4.69) is 6.58 Å². The summed E-state index contributed by atoms with van der Waals surface area (Å²) in [6, 6.07) is 3.73. The zero-order valence-corrected chi connectivity index (χ0v) is 16.8. The number of piperidine rings is 1. The molecule has 5 nitrogen and oxygen atoms in total. The Morgan fingerprint density at radius 2 is 2.00 bits per heavy atom. The Hall–Kier alpha value is -2.01. The van der Waals surface area contributed by atoms with Gasteiger partial charge in [-0.1, -0.05) is 18.2 Å². The highest BCUT2D eigenvalue weighted by Crippen LogP contribution is 2.42. The van der Waals surface area contributed by atoms with Gasteiger partial charge in [0.05, 0.1) is 13.2 Å². The van der Waals surface area contributed by atoms with Gasteiger partial charge >= 0.3 is 0 Å². The van der Waals surface area contributed by atoms with Crippen LogP contribution in [0.3, 0.4) is 0 Å². The summed E-state index contributed by atoms with van der Waals surface area (Å²) in [7, 11) is 3.54. The molecule has 1 aromatic carbocycles. The normalized spacial score (nSPS) is 20.0. The van der Waals surface area contributed by atoms with Crippen LogP contribution in [0.25, 0.3) is 0 Å². The first-order chi connectivity index (χ1) is 13.0. The molecule has 2 aliphatic rings. The number of carbonyl (C=O) groups is 2. The maximum atomic E-state index is 13.1. The minimum absolute atomic E-state index is 0.0308. The van der Waals surface area contributed by atoms with Gasteiger partial charge in [-0.3, -0.25) is 9.59 Å². The van der Waals surface area contributed by atoms with Gasteiger partial charge in [0.2, 0.25) is 11.8 Å². The second-order valence-electron chi connectivity index (χ2n) is 7.30. The van der Waals surface area contributed by atoms with E-state index in [1.54, 1.807) is 12.0 Å². The monoisotopic (exact) mass is 390 g/mol. The van der Waals surface area contributed by atoms with Crippen molar-refractivity contribution in [3.8, 4) is 5.75 Å². The molecule has 1 aromatic rings. The SMILES string of the molecule is C=CC(=O)N1CCC(C(=O)N(C)C2CCCc3c(OC)ccc(Cl)c32)CC1. The lowest BCUT2D eigenvalue weighted by Crippen LogP contribution is -2.44. The molecule has 0 aromatic heterocycles. The molecule has 0 radical (unpaired) electrons. The lowest BCUT2D eigenvalue weighted by Gasteiger charge is -2.38. The first-order valence-corrected chi connectivity index (χ1v) is 9.89. The zero-order chi connectivity index (χ0) is 19.6. The van der Waals surface area contributed by atoms with Gasteiger partial charge in [0.25, 0.3) is 0 Å². The van der Waals surface area contributed by atoms with Crippen LogP contribution in [-0.2, 0) is 16.0 Å². The van der Waals surface area contributed by atoms with Crippen LogP contribution in [0.1, 0.15) is 42.9 Å². The maximum absolute atomic E-state index is 13.1. The molecule has 1 aliphatic carbocycles. The van der Waals surface area contributed by atoms with Crippen molar-refractivity contribution in [2.75, 3.05) is 27.2 Å². The molecule has 146 valence electrons. The predicted molar refractivity (Wildman–Crippen MR) is 106 cm³/mol. The minimum atomic E-state index is -0.0608. The van der Waals surface area contributed by atoms with Crippen molar-refractivity contribution in [2.45, 2.75) is 38.1 Å². The number of likely N-dealkylation sites (tertiary alicyclic amines) is 1. The van der Waals surface area contributed by atoms with Crippen molar-refractivity contribution < 1.29 is 14.3 Å². The van der Waals surface area contributed by atoms with E-state index >= 15 is 0 Å². The molecule has 0 N–H and O–H groups in total. The predicted octanol–water partition coefficient (Wildman–Crippen LogP) is 3.61. The molecule has 6 heteroatoms. The summed E-state index contributed by atoms with van der Waals surface area (Å²) >= 11 is 6.52. The fourth-order valence-corrected chi connectivity index (χ4v) is 4.65. The van der Waals surface area contributed by atoms with Crippen LogP contribution >= 0.6 is 11.6 Å². The number of fused-ring (bicyclic) bond motifs is 1. The molecule has 2 amide bonds. The first kappa shape index (κ1) is 19.7. The number of hydrogen-bond acceptors (Lipinski definition) is 3. The molecule has 1 aliphatic heterocycles. The number of hydrogen-bond donors (Lipinski definition) is 0. The summed E-state index contributed by atoms with van der Waals surface area (Å²) < 4.78 is 5.51. The van der Waals surface area contributed by atoms with E-state index in [1.165, 1.54) is 6.08 Å². The van der Waals surface area contributed by atoms with Crippen molar-refractivity contribution in [3.05, 3.63) is 40.9 Å². The Morgan fingerprint density at radius 3 is 2.63 bits per heavy atom. The summed E-state index contributed by atoms with van der Waals surface area (Å²) in [6.45, 7) is 4.74. The van der Waals surface area contributed by atoms with Gasteiger partial charge in [-0.2, -0.15) is 0 Å². The molecule has 1 saturated heterocycles. The minimum Gasteiger partial charge on any atom is -0.496 e. The number of methoxy groups -OCH3 is 1. The molecular formula is C21H27ClN2O3. The van der Waals surface area contributed by atoms with E-state index in [0.717, 1.165) is 36.1 Å². The summed E-state index contributed by atoms with van der Waals surface area (Å²) in [6.07, 6.45) is 5.53. The molecule has 1 atom stereocenters. The van der Waals surface area contributed by atoms with Gasteiger partial charge in [0.15, 0.2) is 0 Å². The Labute approximate surface area is 165 Å². The number of rotatable bonds is 4. The summed E-state index contributed by atoms with van der Waals surface area (Å²) in [5.74, 6) is 0.863. The molecule has 1 fully saturated rings. The van der Waals surface area contributed by atoms with Crippen molar-refractivity contribution in [1.29, 1.82) is 0 Å². The van der Waals surface area contributed by atoms with Gasteiger partial charge in [0, 0.05) is 42.2 Å². The number of carbonyl (C=O) groups excluding carboxylic acids is 2. The van der Waals surface area contributed by atoms with Gasteiger partial charge in [-0.15, -0.1) is 0 Å². The Balaban J connectivity index is 1.76. The smallest absolute Gasteiger partial charge is 0.245 e. The first-order valence-electron chi connectivity index (χ1n) is 9.51. The van der Waals surface area contributed by atoms with Gasteiger partial charge in [-0.05, 0) is 50.3 Å². The fourth-order valence-electron chi connectivity index (χ4n) is 4.35. The number of benzene rings is 1. The van der Waals surface area contributed by atoms with E-state index < -0.39 is 0 Å². The third-order valence-corrected chi connectivity index (χ3v) is 6.19. The summed E-state index contributed by atoms with van der Waals surface area (Å²) in [4.78, 5) is 28.5. The summed E-state index contributed by atoms with van der Waals surface area (Å²) in [5, 5.41) is 0.696. The van der Waals surface area contributed by atoms with Crippen LogP contribution in [0.2, 0.25) is 5.02 Å². The maximum Gasteiger partial charge on any atom is 0.245 e. The highest BCUT2D eigenvalue weighted by molar-refractivity contribution is 6.31. The molecule has 0 spiro atoms. The largest absolute Gasteiger partial charge is 0.496 e. The summed E-state index contributed by atoms with van der Waals surface area (Å²) in [5.41, 5.74) is 2.14. The average Bonchev–Trinajstić information content (AvgIpc) is 2.72. The highest BCUT2D eigenvalue weighted by Gasteiger charge is 2.35. The number of ether oxygens (including phenoxy) is 1. The van der Waals surface area contributed by atoms with E-state index in [9.17, 15) is 9.59 Å². The molecule has 27 heavy (non-hydrogen) atoms. The highest BCUT2D eigenvalue weighted by atomic mass is 35.5. The van der Waals surface area contributed by atoms with Crippen LogP contribution in [0, 0.1) is 5.92 Å². The number of amides is 2. The standard InChI is InChI=1S/C21H27ClN2O3/c1-4-19(25)24-12-10-14(11-13-24)21(26)23(2)17-7-5-6-15-18(27-3)9-8-16(22)20(15)17/h4,8-9,14,17H,1,5-7,10-13H2,2-3H3. The molecule has 1 unspecified atom stereocenters. The van der Waals surface area contributed by atoms with Gasteiger partial charge in [0.1, 0.15) is 5.75 Å². The van der Waals surface area contributed by atoms with Crippen LogP contribution in [0.15, 0.2) is 24.8 Å². The molecule has 0 bridgehead atoms. The van der Waals surface area contributed by atoms with E-state index in [-0.39, 0.29) is 23.8 Å². The molecule has 3 rings (SSSR count). The van der Waals surface area contributed by atoms with Crippen LogP contribution in [0.5, 0.6) is 5.75 Å². The Morgan fingerprint density at radius 1 is 1.30 bits per heavy atom. The van der Waals surface area contributed by atoms with Crippen LogP contribution in [0.4, 0.5) is 0 Å². The van der Waals surface area contributed by atoms with Crippen LogP contribution in [-0.4, -0.2) is 48.9 Å². The third-order valence-electron chi connectivity index (χ3n) is 5.86. The third kappa shape index (κ3) is 3.84. The lowest BCUT2D eigenvalue weighted by molar-refractivity contribution is -0.140. The van der Waals surface area contributed by atoms with Crippen molar-refractivity contribution in [1.82, 2.24) is 9.80 Å². The second-order valence-corrected chi connectivity index (χ2v) is 7.71. The Bertz CT molecular complexity index is 741. The molecule has 0 saturated carbocycles. The topological polar surface area (TPSA) is 49.9 Å². The van der Waals surface area contributed by atoms with E-state index in [1.807, 2.05) is 24.1 Å². The zero-order valence-electron chi connectivity index (χ0n) is 16.0. The quantitative estimate of drug-likeness (QED) is 0.738. The van der Waals surface area contributed by atoms with Crippen molar-refractivity contribution in [3.63, 3.8) is 0 Å². The molecule has 1 heterocycles. The van der Waals surface area contributed by atoms with E-state index in [4.69, 9.17) is 16.3 Å².